The van der Waals surface area contributed by atoms with Crippen molar-refractivity contribution in [2.75, 3.05) is 0 Å². The number of carbonyl (C=O) groups excluding carboxylic acids is 3. The number of hydrazine groups is 1. The smallest absolute Gasteiger partial charge is 0.322 e. The standard InChI is InChI=1S/C20H20ClN3O3S/c1-12-8-10-20(11-9-12)18(26)24(19(27)22-20)23-17(25)16-7-6-15(28-16)13-2-4-14(21)5-3-13/h2-7,12H,8-11H2,1H3,(H,22,27)(H,23,25). The van der Waals surface area contributed by atoms with E-state index < -0.39 is 17.5 Å². The Labute approximate surface area is 171 Å². The van der Waals surface area contributed by atoms with Crippen LogP contribution in [0.15, 0.2) is 36.4 Å². The second-order valence-corrected chi connectivity index (χ2v) is 8.97. The molecule has 4 amide bonds. The van der Waals surface area contributed by atoms with Crippen LogP contribution in [0.5, 0.6) is 0 Å². The third-order valence-electron chi connectivity index (χ3n) is 5.46. The number of imide groups is 1. The SMILES string of the molecule is CC1CCC2(CC1)NC(=O)N(NC(=O)c1ccc(-c3ccc(Cl)cc3)s1)C2=O. The van der Waals surface area contributed by atoms with Crippen molar-refractivity contribution in [3.8, 4) is 10.4 Å². The van der Waals surface area contributed by atoms with Crippen molar-refractivity contribution in [1.82, 2.24) is 15.8 Å². The number of thiophene rings is 1. The van der Waals surface area contributed by atoms with E-state index in [2.05, 4.69) is 17.7 Å². The van der Waals surface area contributed by atoms with Crippen LogP contribution in [0, 0.1) is 5.92 Å². The molecule has 1 spiro atoms. The van der Waals surface area contributed by atoms with Gasteiger partial charge in [0.05, 0.1) is 4.88 Å². The van der Waals surface area contributed by atoms with Crippen molar-refractivity contribution >= 4 is 40.8 Å². The molecule has 2 heterocycles. The largest absolute Gasteiger partial charge is 0.344 e. The molecule has 1 aromatic carbocycles. The van der Waals surface area contributed by atoms with E-state index in [-0.39, 0.29) is 5.91 Å². The van der Waals surface area contributed by atoms with Crippen LogP contribution < -0.4 is 10.7 Å². The molecule has 2 N–H and O–H groups in total. The second-order valence-electron chi connectivity index (χ2n) is 7.45. The van der Waals surface area contributed by atoms with Gasteiger partial charge in [-0.05, 0) is 61.4 Å². The summed E-state index contributed by atoms with van der Waals surface area (Å²) in [5.74, 6) is -0.307. The molecule has 1 saturated carbocycles. The highest BCUT2D eigenvalue weighted by Crippen LogP contribution is 2.36. The van der Waals surface area contributed by atoms with E-state index in [0.29, 0.717) is 28.7 Å². The van der Waals surface area contributed by atoms with Crippen molar-refractivity contribution < 1.29 is 14.4 Å². The van der Waals surface area contributed by atoms with Crippen molar-refractivity contribution in [2.24, 2.45) is 5.92 Å². The minimum Gasteiger partial charge on any atom is -0.322 e. The van der Waals surface area contributed by atoms with Gasteiger partial charge in [-0.1, -0.05) is 30.7 Å². The summed E-state index contributed by atoms with van der Waals surface area (Å²) in [4.78, 5) is 39.1. The van der Waals surface area contributed by atoms with Gasteiger partial charge < -0.3 is 5.32 Å². The lowest BCUT2D eigenvalue weighted by Gasteiger charge is -2.33. The number of urea groups is 1. The summed E-state index contributed by atoms with van der Waals surface area (Å²) in [7, 11) is 0. The molecule has 0 bridgehead atoms. The minimum atomic E-state index is -0.874. The molecule has 1 saturated heterocycles. The Morgan fingerprint density at radius 1 is 1.18 bits per heavy atom. The topological polar surface area (TPSA) is 78.5 Å². The molecule has 6 nitrogen and oxygen atoms in total. The summed E-state index contributed by atoms with van der Waals surface area (Å²) in [6, 6.07) is 10.3. The highest BCUT2D eigenvalue weighted by Gasteiger charge is 2.52. The van der Waals surface area contributed by atoms with Crippen molar-refractivity contribution in [1.29, 1.82) is 0 Å². The van der Waals surface area contributed by atoms with Gasteiger partial charge in [0.1, 0.15) is 5.54 Å². The molecular weight excluding hydrogens is 398 g/mol. The van der Waals surface area contributed by atoms with E-state index in [4.69, 9.17) is 11.6 Å². The molecule has 4 rings (SSSR count). The normalized spacial score (nSPS) is 24.5. The zero-order chi connectivity index (χ0) is 19.9. The first-order chi connectivity index (χ1) is 13.4. The van der Waals surface area contributed by atoms with Crippen LogP contribution >= 0.6 is 22.9 Å². The third-order valence-corrected chi connectivity index (χ3v) is 6.85. The van der Waals surface area contributed by atoms with E-state index in [1.54, 1.807) is 18.2 Å². The summed E-state index contributed by atoms with van der Waals surface area (Å²) in [5, 5.41) is 4.27. The maximum absolute atomic E-state index is 12.8. The van der Waals surface area contributed by atoms with Gasteiger partial charge in [-0.25, -0.2) is 4.79 Å². The summed E-state index contributed by atoms with van der Waals surface area (Å²) >= 11 is 7.20. The zero-order valence-corrected chi connectivity index (χ0v) is 16.9. The molecule has 28 heavy (non-hydrogen) atoms. The first-order valence-electron chi connectivity index (χ1n) is 9.21. The second kappa shape index (κ2) is 7.22. The molecule has 0 radical (unpaired) electrons. The Hall–Kier alpha value is -2.38. The zero-order valence-electron chi connectivity index (χ0n) is 15.3. The van der Waals surface area contributed by atoms with E-state index in [1.165, 1.54) is 11.3 Å². The lowest BCUT2D eigenvalue weighted by molar-refractivity contribution is -0.134. The predicted octanol–water partition coefficient (Wildman–Crippen LogP) is 4.21. The molecular formula is C20H20ClN3O3S. The fraction of sp³-hybridized carbons (Fsp3) is 0.350. The number of hydrogen-bond acceptors (Lipinski definition) is 4. The molecule has 1 aliphatic carbocycles. The Kier molecular flexibility index (Phi) is 4.89. The summed E-state index contributed by atoms with van der Waals surface area (Å²) in [6.07, 6.45) is 2.96. The quantitative estimate of drug-likeness (QED) is 0.734. The Bertz CT molecular complexity index is 932. The van der Waals surface area contributed by atoms with Crippen LogP contribution in [0.4, 0.5) is 4.79 Å². The van der Waals surface area contributed by atoms with Crippen LogP contribution in [-0.4, -0.2) is 28.4 Å². The molecule has 146 valence electrons. The lowest BCUT2D eigenvalue weighted by atomic mass is 9.77. The van der Waals surface area contributed by atoms with Gasteiger partial charge in [0, 0.05) is 9.90 Å². The number of nitrogens with zero attached hydrogens (tertiary/aromatic N) is 1. The number of amides is 4. The van der Waals surface area contributed by atoms with E-state index in [9.17, 15) is 14.4 Å². The maximum atomic E-state index is 12.8. The highest BCUT2D eigenvalue weighted by molar-refractivity contribution is 7.17. The first-order valence-corrected chi connectivity index (χ1v) is 10.4. The predicted molar refractivity (Wildman–Crippen MR) is 108 cm³/mol. The van der Waals surface area contributed by atoms with Gasteiger partial charge in [0.15, 0.2) is 0 Å². The van der Waals surface area contributed by atoms with E-state index >= 15 is 0 Å². The maximum Gasteiger partial charge on any atom is 0.344 e. The van der Waals surface area contributed by atoms with Crippen LogP contribution in [0.3, 0.4) is 0 Å². The van der Waals surface area contributed by atoms with Crippen molar-refractivity contribution in [3.63, 3.8) is 0 Å². The fourth-order valence-electron chi connectivity index (χ4n) is 3.70. The Morgan fingerprint density at radius 3 is 2.54 bits per heavy atom. The summed E-state index contributed by atoms with van der Waals surface area (Å²) in [5.41, 5.74) is 2.54. The lowest BCUT2D eigenvalue weighted by Crippen LogP contribution is -2.51. The first kappa shape index (κ1) is 19.0. The molecule has 2 fully saturated rings. The molecule has 1 aromatic heterocycles. The number of benzene rings is 1. The minimum absolute atomic E-state index is 0.368. The average Bonchev–Trinajstić information content (AvgIpc) is 3.25. The molecule has 0 unspecified atom stereocenters. The number of carbonyl (C=O) groups is 3. The third kappa shape index (κ3) is 3.40. The molecule has 2 aromatic rings. The molecule has 1 aliphatic heterocycles. The van der Waals surface area contributed by atoms with Gasteiger partial charge in [-0.3, -0.25) is 15.0 Å². The van der Waals surface area contributed by atoms with Crippen LogP contribution in [0.25, 0.3) is 10.4 Å². The molecule has 8 heteroatoms. The molecule has 2 aliphatic rings. The average molecular weight is 418 g/mol. The van der Waals surface area contributed by atoms with Gasteiger partial charge in [0.25, 0.3) is 11.8 Å². The van der Waals surface area contributed by atoms with E-state index in [1.807, 2.05) is 18.2 Å². The monoisotopic (exact) mass is 417 g/mol. The van der Waals surface area contributed by atoms with Gasteiger partial charge in [-0.2, -0.15) is 5.01 Å². The number of halogens is 1. The number of nitrogens with one attached hydrogen (secondary N) is 2. The Morgan fingerprint density at radius 2 is 1.86 bits per heavy atom. The fourth-order valence-corrected chi connectivity index (χ4v) is 4.73. The van der Waals surface area contributed by atoms with E-state index in [0.717, 1.165) is 28.3 Å². The van der Waals surface area contributed by atoms with Gasteiger partial charge in [-0.15, -0.1) is 11.3 Å². The van der Waals surface area contributed by atoms with Gasteiger partial charge >= 0.3 is 6.03 Å². The number of hydrogen-bond donors (Lipinski definition) is 2. The summed E-state index contributed by atoms with van der Waals surface area (Å²) < 4.78 is 0. The number of rotatable bonds is 3. The summed E-state index contributed by atoms with van der Waals surface area (Å²) in [6.45, 7) is 2.14. The van der Waals surface area contributed by atoms with Crippen LogP contribution in [0.1, 0.15) is 42.3 Å². The van der Waals surface area contributed by atoms with Crippen LogP contribution in [0.2, 0.25) is 5.02 Å². The van der Waals surface area contributed by atoms with Crippen LogP contribution in [-0.2, 0) is 4.79 Å². The molecule has 0 atom stereocenters. The van der Waals surface area contributed by atoms with Gasteiger partial charge in [0.2, 0.25) is 0 Å². The van der Waals surface area contributed by atoms with Crippen molar-refractivity contribution in [2.45, 2.75) is 38.1 Å². The van der Waals surface area contributed by atoms with Crippen molar-refractivity contribution in [3.05, 3.63) is 46.3 Å². The highest BCUT2D eigenvalue weighted by atomic mass is 35.5. The Balaban J connectivity index is 1.47.